The lowest BCUT2D eigenvalue weighted by atomic mass is 10.0. The highest BCUT2D eigenvalue weighted by Gasteiger charge is 2.23. The third-order valence-corrected chi connectivity index (χ3v) is 4.04. The molecule has 18 heavy (non-hydrogen) atoms. The minimum absolute atomic E-state index is 0.684. The molecule has 0 radical (unpaired) electrons. The van der Waals surface area contributed by atoms with Gasteiger partial charge in [0.25, 0.3) is 0 Å². The maximum atomic E-state index is 6.37. The molecule has 0 aliphatic heterocycles. The van der Waals surface area contributed by atoms with Crippen molar-refractivity contribution in [2.75, 3.05) is 0 Å². The predicted molar refractivity (Wildman–Crippen MR) is 78.4 cm³/mol. The van der Waals surface area contributed by atoms with E-state index in [1.54, 1.807) is 0 Å². The Labute approximate surface area is 115 Å². The summed E-state index contributed by atoms with van der Waals surface area (Å²) in [4.78, 5) is 0. The van der Waals surface area contributed by atoms with E-state index >= 15 is 0 Å². The highest BCUT2D eigenvalue weighted by atomic mass is 35.5. The molecular weight excluding hydrogens is 263 g/mol. The maximum absolute atomic E-state index is 6.37. The molecule has 86 valence electrons. The molecule has 0 atom stereocenters. The van der Waals surface area contributed by atoms with Gasteiger partial charge in [0, 0.05) is 10.6 Å². The summed E-state index contributed by atoms with van der Waals surface area (Å²) < 4.78 is 0. The fraction of sp³-hybridized carbons (Fsp3) is 0. The molecule has 0 bridgehead atoms. The van der Waals surface area contributed by atoms with Gasteiger partial charge in [-0.15, -0.1) is 0 Å². The van der Waals surface area contributed by atoms with E-state index in [0.29, 0.717) is 5.02 Å². The minimum atomic E-state index is 0.684. The summed E-state index contributed by atoms with van der Waals surface area (Å²) in [6, 6.07) is 16.5. The number of hydrogen-bond donors (Lipinski definition) is 0. The molecule has 0 heterocycles. The first-order chi connectivity index (χ1) is 8.75. The van der Waals surface area contributed by atoms with Gasteiger partial charge in [0.15, 0.2) is 0 Å². The third-order valence-electron chi connectivity index (χ3n) is 3.52. The van der Waals surface area contributed by atoms with Gasteiger partial charge in [-0.2, -0.15) is 0 Å². The largest absolute Gasteiger partial charge is 0.0843 e. The molecule has 0 fully saturated rings. The molecule has 3 aromatic rings. The van der Waals surface area contributed by atoms with Gasteiger partial charge < -0.3 is 0 Å². The molecule has 0 saturated carbocycles. The lowest BCUT2D eigenvalue weighted by molar-refractivity contribution is 1.69. The minimum Gasteiger partial charge on any atom is -0.0843 e. The second-order valence-electron chi connectivity index (χ2n) is 4.52. The van der Waals surface area contributed by atoms with Crippen LogP contribution in [0.15, 0.2) is 48.5 Å². The van der Waals surface area contributed by atoms with Crippen molar-refractivity contribution >= 4 is 34.0 Å². The molecule has 0 aromatic heterocycles. The van der Waals surface area contributed by atoms with Gasteiger partial charge in [-0.05, 0) is 39.6 Å². The number of hydrogen-bond acceptors (Lipinski definition) is 0. The van der Waals surface area contributed by atoms with Crippen LogP contribution in [0.4, 0.5) is 0 Å². The Kier molecular flexibility index (Phi) is 2.03. The molecule has 0 N–H and O–H groups in total. The molecule has 0 amide bonds. The van der Waals surface area contributed by atoms with E-state index in [2.05, 4.69) is 36.4 Å². The Bertz CT molecular complexity index is 798. The highest BCUT2D eigenvalue weighted by Crippen LogP contribution is 2.50. The summed E-state index contributed by atoms with van der Waals surface area (Å²) in [5, 5.41) is 3.93. The van der Waals surface area contributed by atoms with Crippen LogP contribution in [0.5, 0.6) is 0 Å². The van der Waals surface area contributed by atoms with Crippen molar-refractivity contribution in [3.05, 3.63) is 58.6 Å². The van der Waals surface area contributed by atoms with E-state index in [1.807, 2.05) is 12.1 Å². The van der Waals surface area contributed by atoms with Crippen LogP contribution in [0.3, 0.4) is 0 Å². The van der Waals surface area contributed by atoms with Crippen LogP contribution in [0.25, 0.3) is 33.0 Å². The van der Waals surface area contributed by atoms with Crippen LogP contribution in [0.1, 0.15) is 0 Å². The van der Waals surface area contributed by atoms with Gasteiger partial charge in [0.05, 0.1) is 5.02 Å². The van der Waals surface area contributed by atoms with Crippen LogP contribution in [-0.2, 0) is 0 Å². The van der Waals surface area contributed by atoms with E-state index in [0.717, 1.165) is 16.1 Å². The fourth-order valence-electron chi connectivity index (χ4n) is 2.83. The second-order valence-corrected chi connectivity index (χ2v) is 5.36. The third kappa shape index (κ3) is 1.22. The first kappa shape index (κ1) is 10.4. The Morgan fingerprint density at radius 3 is 2.22 bits per heavy atom. The molecule has 2 heteroatoms. The van der Waals surface area contributed by atoms with Crippen LogP contribution in [0, 0.1) is 0 Å². The fourth-order valence-corrected chi connectivity index (χ4v) is 3.43. The molecule has 0 unspecified atom stereocenters. The molecule has 3 aromatic carbocycles. The number of rotatable bonds is 0. The summed E-state index contributed by atoms with van der Waals surface area (Å²) in [5.41, 5.74) is 4.68. The zero-order chi connectivity index (χ0) is 12.3. The molecule has 0 saturated heterocycles. The van der Waals surface area contributed by atoms with Gasteiger partial charge in [-0.25, -0.2) is 0 Å². The first-order valence-electron chi connectivity index (χ1n) is 5.77. The van der Waals surface area contributed by atoms with Crippen molar-refractivity contribution in [2.45, 2.75) is 0 Å². The summed E-state index contributed by atoms with van der Waals surface area (Å²) >= 11 is 12.5. The van der Waals surface area contributed by atoms with Gasteiger partial charge >= 0.3 is 0 Å². The van der Waals surface area contributed by atoms with E-state index < -0.39 is 0 Å². The van der Waals surface area contributed by atoms with E-state index in [-0.39, 0.29) is 0 Å². The van der Waals surface area contributed by atoms with Crippen LogP contribution in [-0.4, -0.2) is 0 Å². The molecule has 0 nitrogen and oxygen atoms in total. The highest BCUT2D eigenvalue weighted by molar-refractivity contribution is 6.39. The van der Waals surface area contributed by atoms with Crippen molar-refractivity contribution in [1.82, 2.24) is 0 Å². The summed E-state index contributed by atoms with van der Waals surface area (Å²) in [7, 11) is 0. The normalized spacial score (nSPS) is 11.9. The predicted octanol–water partition coefficient (Wildman–Crippen LogP) is 5.79. The summed E-state index contributed by atoms with van der Waals surface area (Å²) in [6.07, 6.45) is 0. The zero-order valence-electron chi connectivity index (χ0n) is 9.37. The van der Waals surface area contributed by atoms with Crippen LogP contribution >= 0.6 is 23.2 Å². The number of benzene rings is 3. The van der Waals surface area contributed by atoms with Crippen molar-refractivity contribution in [2.24, 2.45) is 0 Å². The zero-order valence-corrected chi connectivity index (χ0v) is 10.9. The standard InChI is InChI=1S/C16H8Cl2/c17-10-7-13-11-5-1-3-9-4-2-6-12(15(9)11)16(13)14(18)8-10/h1-8H. The average molecular weight is 271 g/mol. The Hall–Kier alpha value is -1.50. The number of halogens is 2. The smallest absolute Gasteiger partial charge is 0.0505 e. The van der Waals surface area contributed by atoms with Crippen LogP contribution in [0.2, 0.25) is 10.0 Å². The SMILES string of the molecule is Clc1cc(Cl)c2c(c1)-c1cccc3cccc-2c13. The summed E-state index contributed by atoms with van der Waals surface area (Å²) in [5.74, 6) is 0. The average Bonchev–Trinajstić information content (AvgIpc) is 2.67. The van der Waals surface area contributed by atoms with Gasteiger partial charge in [0.2, 0.25) is 0 Å². The maximum Gasteiger partial charge on any atom is 0.0505 e. The monoisotopic (exact) mass is 270 g/mol. The Morgan fingerprint density at radius 1 is 0.722 bits per heavy atom. The van der Waals surface area contributed by atoms with Crippen molar-refractivity contribution in [3.8, 4) is 22.3 Å². The van der Waals surface area contributed by atoms with Crippen molar-refractivity contribution in [1.29, 1.82) is 0 Å². The second kappa shape index (κ2) is 3.50. The molecule has 4 rings (SSSR count). The lowest BCUT2D eigenvalue weighted by Gasteiger charge is -2.05. The topological polar surface area (TPSA) is 0 Å². The van der Waals surface area contributed by atoms with E-state index in [4.69, 9.17) is 23.2 Å². The molecular formula is C16H8Cl2. The van der Waals surface area contributed by atoms with Gasteiger partial charge in [0.1, 0.15) is 0 Å². The molecule has 1 aliphatic carbocycles. The van der Waals surface area contributed by atoms with Crippen molar-refractivity contribution in [3.63, 3.8) is 0 Å². The summed E-state index contributed by atoms with van der Waals surface area (Å²) in [6.45, 7) is 0. The Morgan fingerprint density at radius 2 is 1.44 bits per heavy atom. The van der Waals surface area contributed by atoms with Gasteiger partial charge in [-0.1, -0.05) is 59.6 Å². The Balaban J connectivity index is 2.28. The quantitative estimate of drug-likeness (QED) is 0.379. The number of fused-ring (bicyclic) bond motifs is 3. The van der Waals surface area contributed by atoms with Crippen LogP contribution < -0.4 is 0 Å². The molecule has 1 aliphatic rings. The van der Waals surface area contributed by atoms with Gasteiger partial charge in [-0.3, -0.25) is 0 Å². The lowest BCUT2D eigenvalue weighted by Crippen LogP contribution is -1.78. The van der Waals surface area contributed by atoms with E-state index in [9.17, 15) is 0 Å². The van der Waals surface area contributed by atoms with Crippen molar-refractivity contribution < 1.29 is 0 Å². The van der Waals surface area contributed by atoms with E-state index in [1.165, 1.54) is 21.9 Å². The molecule has 0 spiro atoms. The first-order valence-corrected chi connectivity index (χ1v) is 6.53.